The molecule has 0 fully saturated rings. The van der Waals surface area contributed by atoms with Crippen LogP contribution in [0.25, 0.3) is 0 Å². The second-order valence-corrected chi connectivity index (χ2v) is 6.39. The molecule has 0 saturated carbocycles. The number of hydrogen-bond acceptors (Lipinski definition) is 2. The van der Waals surface area contributed by atoms with Crippen LogP contribution in [0.5, 0.6) is 11.5 Å². The molecular formula is C16H28O2. The van der Waals surface area contributed by atoms with E-state index in [1.165, 1.54) is 0 Å². The summed E-state index contributed by atoms with van der Waals surface area (Å²) in [6.45, 7) is 16.1. The third-order valence-electron chi connectivity index (χ3n) is 2.73. The summed E-state index contributed by atoms with van der Waals surface area (Å²) in [5.41, 5.74) is 1.21. The lowest BCUT2D eigenvalue weighted by Gasteiger charge is -2.25. The van der Waals surface area contributed by atoms with Crippen molar-refractivity contribution in [1.29, 1.82) is 0 Å². The van der Waals surface area contributed by atoms with Crippen molar-refractivity contribution in [1.82, 2.24) is 0 Å². The smallest absolute Gasteiger partial charge is 0.119 e. The molecule has 1 aromatic rings. The largest absolute Gasteiger partial charge is 0.508 e. The zero-order valence-corrected chi connectivity index (χ0v) is 13.0. The first-order valence-electron chi connectivity index (χ1n) is 6.60. The molecule has 0 radical (unpaired) electrons. The van der Waals surface area contributed by atoms with Crippen molar-refractivity contribution in [2.75, 3.05) is 0 Å². The van der Waals surface area contributed by atoms with Gasteiger partial charge in [-0.05, 0) is 23.0 Å². The van der Waals surface area contributed by atoms with Crippen molar-refractivity contribution in [2.45, 2.75) is 66.2 Å². The molecule has 2 N–H and O–H groups in total. The number of phenols is 2. The molecule has 0 aliphatic heterocycles. The minimum Gasteiger partial charge on any atom is -0.508 e. The van der Waals surface area contributed by atoms with Crippen LogP contribution in [0.3, 0.4) is 0 Å². The molecule has 0 atom stereocenters. The Morgan fingerprint density at radius 2 is 0.889 bits per heavy atom. The fraction of sp³-hybridized carbons (Fsp3) is 0.625. The highest BCUT2D eigenvalue weighted by atomic mass is 16.3. The van der Waals surface area contributed by atoms with E-state index < -0.39 is 0 Å². The van der Waals surface area contributed by atoms with Gasteiger partial charge in [0.25, 0.3) is 0 Å². The zero-order valence-electron chi connectivity index (χ0n) is 13.0. The highest BCUT2D eigenvalue weighted by molar-refractivity contribution is 5.50. The third-order valence-corrected chi connectivity index (χ3v) is 2.73. The predicted octanol–water partition coefficient (Wildman–Crippen LogP) is 4.72. The van der Waals surface area contributed by atoms with Gasteiger partial charge in [0.05, 0.1) is 0 Å². The molecule has 1 rings (SSSR count). The maximum absolute atomic E-state index is 10.0. The second-order valence-electron chi connectivity index (χ2n) is 6.39. The molecule has 0 aliphatic carbocycles. The van der Waals surface area contributed by atoms with Gasteiger partial charge in [0.15, 0.2) is 0 Å². The number of hydrogen-bond donors (Lipinski definition) is 2. The van der Waals surface area contributed by atoms with Crippen LogP contribution >= 0.6 is 0 Å². The van der Waals surface area contributed by atoms with Gasteiger partial charge >= 0.3 is 0 Å². The Morgan fingerprint density at radius 1 is 0.667 bits per heavy atom. The van der Waals surface area contributed by atoms with Gasteiger partial charge in [-0.25, -0.2) is 0 Å². The summed E-state index contributed by atoms with van der Waals surface area (Å²) in [6, 6.07) is 3.35. The molecule has 0 aromatic heterocycles. The number of aromatic hydroxyl groups is 2. The Balaban J connectivity index is 0.00000137. The van der Waals surface area contributed by atoms with Gasteiger partial charge in [0.1, 0.15) is 11.5 Å². The van der Waals surface area contributed by atoms with Crippen LogP contribution in [0, 0.1) is 0 Å². The quantitative estimate of drug-likeness (QED) is 0.656. The Kier molecular flexibility index (Phi) is 5.27. The van der Waals surface area contributed by atoms with Gasteiger partial charge in [-0.2, -0.15) is 0 Å². The van der Waals surface area contributed by atoms with Crippen molar-refractivity contribution < 1.29 is 10.2 Å². The molecule has 1 aromatic carbocycles. The zero-order chi connectivity index (χ0) is 14.7. The first-order chi connectivity index (χ1) is 8.03. The molecule has 2 heteroatoms. The summed E-state index contributed by atoms with van der Waals surface area (Å²) < 4.78 is 0. The Labute approximate surface area is 112 Å². The summed E-state index contributed by atoms with van der Waals surface area (Å²) in [5.74, 6) is 0.519. The van der Waals surface area contributed by atoms with E-state index in [9.17, 15) is 10.2 Å². The van der Waals surface area contributed by atoms with Crippen molar-refractivity contribution in [3.8, 4) is 11.5 Å². The van der Waals surface area contributed by atoms with Crippen LogP contribution in [0.1, 0.15) is 66.5 Å². The van der Waals surface area contributed by atoms with Gasteiger partial charge in [-0.3, -0.25) is 0 Å². The maximum atomic E-state index is 10.0. The summed E-state index contributed by atoms with van der Waals surface area (Å²) >= 11 is 0. The van der Waals surface area contributed by atoms with Gasteiger partial charge in [-0.15, -0.1) is 0 Å². The van der Waals surface area contributed by atoms with Crippen molar-refractivity contribution in [2.24, 2.45) is 0 Å². The van der Waals surface area contributed by atoms with E-state index in [0.29, 0.717) is 0 Å². The molecule has 0 aliphatic rings. The van der Waals surface area contributed by atoms with E-state index in [-0.39, 0.29) is 22.3 Å². The van der Waals surface area contributed by atoms with E-state index in [4.69, 9.17) is 0 Å². The Bertz CT molecular complexity index is 353. The highest BCUT2D eigenvalue weighted by Crippen LogP contribution is 2.39. The first-order valence-corrected chi connectivity index (χ1v) is 6.60. The molecule has 18 heavy (non-hydrogen) atoms. The monoisotopic (exact) mass is 252 g/mol. The van der Waals surface area contributed by atoms with E-state index in [1.54, 1.807) is 12.1 Å². The summed E-state index contributed by atoms with van der Waals surface area (Å²) in [7, 11) is 0. The fourth-order valence-corrected chi connectivity index (χ4v) is 1.78. The lowest BCUT2D eigenvalue weighted by atomic mass is 9.81. The molecule has 0 heterocycles. The Hall–Kier alpha value is -1.18. The number of rotatable bonds is 0. The Morgan fingerprint density at radius 3 is 1.06 bits per heavy atom. The summed E-state index contributed by atoms with van der Waals surface area (Å²) in [4.78, 5) is 0. The van der Waals surface area contributed by atoms with Crippen LogP contribution in [0.2, 0.25) is 0 Å². The number of phenolic OH excluding ortho intramolecular Hbond substituents is 2. The lowest BCUT2D eigenvalue weighted by Crippen LogP contribution is -2.15. The van der Waals surface area contributed by atoms with Gasteiger partial charge in [0.2, 0.25) is 0 Å². The second kappa shape index (κ2) is 5.64. The molecule has 0 saturated heterocycles. The SMILES string of the molecule is CC.CC(C)(C)c1cc(O)c(C(C)(C)C)cc1O. The summed E-state index contributed by atoms with van der Waals surface area (Å²) in [6.07, 6.45) is 0. The van der Waals surface area contributed by atoms with E-state index in [0.717, 1.165) is 11.1 Å². The molecule has 0 spiro atoms. The first kappa shape index (κ1) is 16.8. The van der Waals surface area contributed by atoms with Crippen molar-refractivity contribution >= 4 is 0 Å². The minimum absolute atomic E-state index is 0.169. The van der Waals surface area contributed by atoms with Crippen LogP contribution < -0.4 is 0 Å². The minimum atomic E-state index is -0.169. The van der Waals surface area contributed by atoms with Crippen LogP contribution in [-0.4, -0.2) is 10.2 Å². The van der Waals surface area contributed by atoms with E-state index in [2.05, 4.69) is 0 Å². The van der Waals surface area contributed by atoms with Gasteiger partial charge in [0, 0.05) is 11.1 Å². The normalized spacial score (nSPS) is 11.8. The molecule has 2 nitrogen and oxygen atoms in total. The average Bonchev–Trinajstić information content (AvgIpc) is 2.21. The highest BCUT2D eigenvalue weighted by Gasteiger charge is 2.24. The number of benzene rings is 1. The average molecular weight is 252 g/mol. The standard InChI is InChI=1S/C14H22O2.C2H6/c1-13(2,3)9-7-12(16)10(8-11(9)15)14(4,5)6;1-2/h7-8,15-16H,1-6H3;1-2H3. The van der Waals surface area contributed by atoms with Gasteiger partial charge < -0.3 is 10.2 Å². The molecule has 0 bridgehead atoms. The molecule has 104 valence electrons. The van der Waals surface area contributed by atoms with E-state index >= 15 is 0 Å². The van der Waals surface area contributed by atoms with Crippen LogP contribution in [0.4, 0.5) is 0 Å². The van der Waals surface area contributed by atoms with Crippen LogP contribution in [-0.2, 0) is 10.8 Å². The van der Waals surface area contributed by atoms with E-state index in [1.807, 2.05) is 55.4 Å². The topological polar surface area (TPSA) is 40.5 Å². The van der Waals surface area contributed by atoms with Crippen LogP contribution in [0.15, 0.2) is 12.1 Å². The molecular weight excluding hydrogens is 224 g/mol. The van der Waals surface area contributed by atoms with Gasteiger partial charge in [-0.1, -0.05) is 55.4 Å². The molecule has 0 unspecified atom stereocenters. The summed E-state index contributed by atoms with van der Waals surface area (Å²) in [5, 5.41) is 20.0. The maximum Gasteiger partial charge on any atom is 0.119 e. The molecule has 0 amide bonds. The van der Waals surface area contributed by atoms with Crippen molar-refractivity contribution in [3.63, 3.8) is 0 Å². The fourth-order valence-electron chi connectivity index (χ4n) is 1.78. The third kappa shape index (κ3) is 3.94. The predicted molar refractivity (Wildman–Crippen MR) is 78.5 cm³/mol. The lowest BCUT2D eigenvalue weighted by molar-refractivity contribution is 0.419. The van der Waals surface area contributed by atoms with Crippen molar-refractivity contribution in [3.05, 3.63) is 23.3 Å².